The van der Waals surface area contributed by atoms with Crippen LogP contribution in [0.5, 0.6) is 0 Å². The van der Waals surface area contributed by atoms with E-state index in [1.165, 1.54) is 0 Å². The van der Waals surface area contributed by atoms with Gasteiger partial charge in [0.05, 0.1) is 18.2 Å². The molecule has 1 aliphatic heterocycles. The second-order valence-corrected chi connectivity index (χ2v) is 8.82. The quantitative estimate of drug-likeness (QED) is 0.357. The summed E-state index contributed by atoms with van der Waals surface area (Å²) in [7, 11) is 0. The van der Waals surface area contributed by atoms with E-state index in [9.17, 15) is 14.7 Å². The number of benzene rings is 4. The third kappa shape index (κ3) is 3.81. The molecule has 0 spiro atoms. The van der Waals surface area contributed by atoms with Gasteiger partial charge in [0, 0.05) is 16.1 Å². The van der Waals surface area contributed by atoms with Crippen LogP contribution in [-0.4, -0.2) is 16.8 Å². The second kappa shape index (κ2) is 8.90. The Morgan fingerprint density at radius 1 is 0.794 bits per heavy atom. The highest BCUT2D eigenvalue weighted by molar-refractivity contribution is 6.30. The molecule has 1 aliphatic rings. The molecule has 0 fully saturated rings. The van der Waals surface area contributed by atoms with Crippen molar-refractivity contribution in [2.45, 2.75) is 18.1 Å². The highest BCUT2D eigenvalue weighted by Crippen LogP contribution is 2.48. The number of hydrogen-bond acceptors (Lipinski definition) is 3. The van der Waals surface area contributed by atoms with Gasteiger partial charge in [-0.3, -0.25) is 14.5 Å². The standard InChI is InChI=1S/C29H22ClNO3/c30-23-17-15-20(16-18-23)26(32)19-29(34)24-13-7-8-14-25(24)31(28(29)33)27(21-9-3-1-4-10-21)22-11-5-2-6-12-22/h1-18,27,34H,19H2/t29-/m0/s1. The van der Waals surface area contributed by atoms with Gasteiger partial charge in [-0.1, -0.05) is 90.5 Å². The molecule has 0 saturated carbocycles. The predicted octanol–water partition coefficient (Wildman–Crippen LogP) is 5.94. The molecule has 0 saturated heterocycles. The van der Waals surface area contributed by atoms with Gasteiger partial charge >= 0.3 is 0 Å². The average molecular weight is 468 g/mol. The summed E-state index contributed by atoms with van der Waals surface area (Å²) >= 11 is 5.95. The number of hydrogen-bond donors (Lipinski definition) is 1. The van der Waals surface area contributed by atoms with Crippen LogP contribution >= 0.6 is 11.6 Å². The first-order chi connectivity index (χ1) is 16.5. The number of Topliss-reactive ketones (excluding diaryl/α,β-unsaturated/α-hetero) is 1. The van der Waals surface area contributed by atoms with Crippen LogP contribution < -0.4 is 4.90 Å². The lowest BCUT2D eigenvalue weighted by Gasteiger charge is -2.31. The largest absolute Gasteiger partial charge is 0.375 e. The van der Waals surface area contributed by atoms with E-state index in [2.05, 4.69) is 0 Å². The maximum Gasteiger partial charge on any atom is 0.265 e. The van der Waals surface area contributed by atoms with Crippen molar-refractivity contribution in [2.24, 2.45) is 0 Å². The number of amides is 1. The average Bonchev–Trinajstić information content (AvgIpc) is 3.08. The third-order valence-corrected chi connectivity index (χ3v) is 6.51. The van der Waals surface area contributed by atoms with Gasteiger partial charge in [-0.2, -0.15) is 0 Å². The Labute approximate surface area is 203 Å². The summed E-state index contributed by atoms with van der Waals surface area (Å²) in [5, 5.41) is 12.3. The number of carbonyl (C=O) groups is 2. The van der Waals surface area contributed by atoms with Crippen LogP contribution in [0.4, 0.5) is 5.69 Å². The Kier molecular flexibility index (Phi) is 5.78. The van der Waals surface area contributed by atoms with E-state index < -0.39 is 17.6 Å². The minimum absolute atomic E-state index is 0.333. The van der Waals surface area contributed by atoms with Crippen LogP contribution in [0.3, 0.4) is 0 Å². The highest BCUT2D eigenvalue weighted by atomic mass is 35.5. The first-order valence-electron chi connectivity index (χ1n) is 11.0. The summed E-state index contributed by atoms with van der Waals surface area (Å²) in [6, 6.07) is 32.5. The van der Waals surface area contributed by atoms with E-state index in [0.717, 1.165) is 11.1 Å². The van der Waals surface area contributed by atoms with Crippen LogP contribution in [0.1, 0.15) is 39.5 Å². The number of anilines is 1. The molecule has 4 aromatic rings. The van der Waals surface area contributed by atoms with Crippen molar-refractivity contribution >= 4 is 29.0 Å². The molecule has 1 N–H and O–H groups in total. The van der Waals surface area contributed by atoms with Gasteiger partial charge in [-0.25, -0.2) is 0 Å². The highest BCUT2D eigenvalue weighted by Gasteiger charge is 2.53. The van der Waals surface area contributed by atoms with Crippen molar-refractivity contribution in [2.75, 3.05) is 4.90 Å². The fourth-order valence-electron chi connectivity index (χ4n) is 4.62. The number of fused-ring (bicyclic) bond motifs is 1. The summed E-state index contributed by atoms with van der Waals surface area (Å²) in [5.74, 6) is -0.853. The molecule has 1 amide bonds. The van der Waals surface area contributed by atoms with Gasteiger partial charge < -0.3 is 5.11 Å². The van der Waals surface area contributed by atoms with Gasteiger partial charge in [0.2, 0.25) is 0 Å². The number of ketones is 1. The molecule has 1 heterocycles. The molecule has 168 valence electrons. The normalized spacial score (nSPS) is 17.1. The molecule has 5 rings (SSSR count). The number of rotatable bonds is 6. The Hall–Kier alpha value is -3.73. The molecule has 0 bridgehead atoms. The summed E-state index contributed by atoms with van der Waals surface area (Å²) in [4.78, 5) is 28.7. The van der Waals surface area contributed by atoms with Gasteiger partial charge in [0.1, 0.15) is 0 Å². The number of halogens is 1. The van der Waals surface area contributed by atoms with E-state index in [0.29, 0.717) is 21.8 Å². The number of aliphatic hydroxyl groups is 1. The van der Waals surface area contributed by atoms with Crippen molar-refractivity contribution in [3.05, 3.63) is 136 Å². The molecule has 34 heavy (non-hydrogen) atoms. The molecule has 4 aromatic carbocycles. The summed E-state index contributed by atoms with van der Waals surface area (Å²) in [6.07, 6.45) is -0.364. The van der Waals surface area contributed by atoms with Crippen LogP contribution in [0, 0.1) is 0 Å². The van der Waals surface area contributed by atoms with Gasteiger partial charge in [0.15, 0.2) is 11.4 Å². The van der Waals surface area contributed by atoms with Crippen LogP contribution in [0.15, 0.2) is 109 Å². The van der Waals surface area contributed by atoms with Crippen molar-refractivity contribution in [3.63, 3.8) is 0 Å². The summed E-state index contributed by atoms with van der Waals surface area (Å²) < 4.78 is 0. The van der Waals surface area contributed by atoms with Crippen molar-refractivity contribution in [3.8, 4) is 0 Å². The minimum Gasteiger partial charge on any atom is -0.375 e. The van der Waals surface area contributed by atoms with E-state index >= 15 is 0 Å². The SMILES string of the molecule is O=C(C[C@@]1(O)C(=O)N(C(c2ccccc2)c2ccccc2)c2ccccc21)c1ccc(Cl)cc1. The molecule has 4 nitrogen and oxygen atoms in total. The van der Waals surface area contributed by atoms with Crippen LogP contribution in [-0.2, 0) is 10.4 Å². The Bertz CT molecular complexity index is 1300. The smallest absolute Gasteiger partial charge is 0.265 e. The molecule has 0 unspecified atom stereocenters. The molecular weight excluding hydrogens is 446 g/mol. The second-order valence-electron chi connectivity index (χ2n) is 8.38. The molecule has 5 heteroatoms. The lowest BCUT2D eigenvalue weighted by molar-refractivity contribution is -0.136. The maximum absolute atomic E-state index is 14.0. The number of nitrogens with zero attached hydrogens (tertiary/aromatic N) is 1. The zero-order valence-electron chi connectivity index (χ0n) is 18.3. The van der Waals surface area contributed by atoms with E-state index in [1.54, 1.807) is 41.3 Å². The minimum atomic E-state index is -1.98. The Balaban J connectivity index is 1.61. The predicted molar refractivity (Wildman–Crippen MR) is 133 cm³/mol. The first kappa shape index (κ1) is 22.1. The Morgan fingerprint density at radius 3 is 1.91 bits per heavy atom. The topological polar surface area (TPSA) is 57.6 Å². The summed E-state index contributed by atoms with van der Waals surface area (Å²) in [5.41, 5.74) is 1.25. The number of carbonyl (C=O) groups excluding carboxylic acids is 2. The molecular formula is C29H22ClNO3. The fourth-order valence-corrected chi connectivity index (χ4v) is 4.74. The third-order valence-electron chi connectivity index (χ3n) is 6.25. The fraction of sp³-hybridized carbons (Fsp3) is 0.103. The summed E-state index contributed by atoms with van der Waals surface area (Å²) in [6.45, 7) is 0. The zero-order valence-corrected chi connectivity index (χ0v) is 19.0. The van der Waals surface area contributed by atoms with E-state index in [1.807, 2.05) is 72.8 Å². The van der Waals surface area contributed by atoms with Crippen molar-refractivity contribution in [1.29, 1.82) is 0 Å². The molecule has 1 atom stereocenters. The zero-order chi connectivity index (χ0) is 23.7. The van der Waals surface area contributed by atoms with Gasteiger partial charge in [0.25, 0.3) is 5.91 Å². The lowest BCUT2D eigenvalue weighted by atomic mass is 9.88. The maximum atomic E-state index is 14.0. The Morgan fingerprint density at radius 2 is 1.32 bits per heavy atom. The first-order valence-corrected chi connectivity index (χ1v) is 11.4. The van der Waals surface area contributed by atoms with Crippen molar-refractivity contribution < 1.29 is 14.7 Å². The number of para-hydroxylation sites is 1. The van der Waals surface area contributed by atoms with Gasteiger partial charge in [-0.15, -0.1) is 0 Å². The molecule has 0 aromatic heterocycles. The van der Waals surface area contributed by atoms with E-state index in [-0.39, 0.29) is 12.2 Å². The molecule has 0 radical (unpaired) electrons. The lowest BCUT2D eigenvalue weighted by Crippen LogP contribution is -2.43. The monoisotopic (exact) mass is 467 g/mol. The van der Waals surface area contributed by atoms with Gasteiger partial charge in [-0.05, 0) is 41.5 Å². The van der Waals surface area contributed by atoms with E-state index in [4.69, 9.17) is 11.6 Å². The van der Waals surface area contributed by atoms with Crippen LogP contribution in [0.25, 0.3) is 0 Å². The van der Waals surface area contributed by atoms with Crippen molar-refractivity contribution in [1.82, 2.24) is 0 Å². The molecule has 0 aliphatic carbocycles. The van der Waals surface area contributed by atoms with Crippen LogP contribution in [0.2, 0.25) is 5.02 Å².